The summed E-state index contributed by atoms with van der Waals surface area (Å²) in [5, 5.41) is 45.2. The van der Waals surface area contributed by atoms with Crippen LogP contribution in [0, 0.1) is 17.8 Å². The Kier molecular flexibility index (Phi) is 6.78. The van der Waals surface area contributed by atoms with Crippen LogP contribution in [-0.4, -0.2) is 80.6 Å². The third-order valence-electron chi connectivity index (χ3n) is 9.16. The maximum absolute atomic E-state index is 14.2. The number of aromatic hydroxyl groups is 1. The van der Waals surface area contributed by atoms with Gasteiger partial charge >= 0.3 is 5.97 Å². The molecule has 0 spiro atoms. The Labute approximate surface area is 230 Å². The molecule has 2 fully saturated rings. The summed E-state index contributed by atoms with van der Waals surface area (Å²) in [6, 6.07) is 3.17. The molecular weight excluding hydrogens is 520 g/mol. The Morgan fingerprint density at radius 2 is 1.77 bits per heavy atom. The number of esters is 1. The van der Waals surface area contributed by atoms with Gasteiger partial charge in [-0.05, 0) is 50.4 Å². The Morgan fingerprint density at radius 3 is 2.38 bits per heavy atom. The van der Waals surface area contributed by atoms with Gasteiger partial charge in [-0.2, -0.15) is 0 Å². The largest absolute Gasteiger partial charge is 0.508 e. The number of amides is 1. The maximum atomic E-state index is 14.2. The number of rotatable bonds is 5. The van der Waals surface area contributed by atoms with Crippen LogP contribution in [0.15, 0.2) is 35.1 Å². The molecule has 5 rings (SSSR count). The lowest BCUT2D eigenvalue weighted by Crippen LogP contribution is -2.71. The molecule has 11 heteroatoms. The minimum absolute atomic E-state index is 0.0256. The zero-order valence-electron chi connectivity index (χ0n) is 22.6. The number of likely N-dealkylation sites (N-methyl/N-ethyl adjacent to an activating group) is 1. The van der Waals surface area contributed by atoms with E-state index in [2.05, 4.69) is 0 Å². The summed E-state index contributed by atoms with van der Waals surface area (Å²) in [4.78, 5) is 54.8. The predicted octanol–water partition coefficient (Wildman–Crippen LogP) is 1.63. The quantitative estimate of drug-likeness (QED) is 0.264. The number of nitrogens with two attached hydrogens (primary N) is 1. The van der Waals surface area contributed by atoms with Crippen molar-refractivity contribution in [2.45, 2.75) is 62.7 Å². The average molecular weight is 555 g/mol. The first-order valence-electron chi connectivity index (χ1n) is 13.5. The van der Waals surface area contributed by atoms with Crippen LogP contribution in [0.4, 0.5) is 0 Å². The highest BCUT2D eigenvalue weighted by atomic mass is 16.5. The van der Waals surface area contributed by atoms with Gasteiger partial charge in [0.2, 0.25) is 5.78 Å². The molecule has 4 aliphatic carbocycles. The van der Waals surface area contributed by atoms with E-state index in [9.17, 15) is 39.6 Å². The number of aliphatic hydroxyl groups is 3. The highest BCUT2D eigenvalue weighted by molar-refractivity contribution is 6.24. The number of ether oxygens (including phenoxy) is 1. The number of hydrogen-bond acceptors (Lipinski definition) is 10. The summed E-state index contributed by atoms with van der Waals surface area (Å²) < 4.78 is 6.05. The van der Waals surface area contributed by atoms with E-state index >= 15 is 0 Å². The van der Waals surface area contributed by atoms with Crippen LogP contribution in [-0.2, 0) is 23.9 Å². The molecule has 11 nitrogen and oxygen atoms in total. The van der Waals surface area contributed by atoms with Crippen molar-refractivity contribution in [1.82, 2.24) is 4.90 Å². The summed E-state index contributed by atoms with van der Waals surface area (Å²) in [6.07, 6.45) is 2.40. The van der Waals surface area contributed by atoms with Crippen LogP contribution >= 0.6 is 0 Å². The molecule has 0 aliphatic heterocycles. The fraction of sp³-hybridized carbons (Fsp3) is 0.517. The second-order valence-electron chi connectivity index (χ2n) is 11.6. The third kappa shape index (κ3) is 3.86. The number of nitrogens with zero attached hydrogens (tertiary/aromatic N) is 1. The van der Waals surface area contributed by atoms with Crippen molar-refractivity contribution in [2.24, 2.45) is 23.5 Å². The number of primary amides is 1. The van der Waals surface area contributed by atoms with E-state index in [1.54, 1.807) is 19.1 Å². The summed E-state index contributed by atoms with van der Waals surface area (Å²) in [6.45, 7) is 1.73. The molecule has 6 atom stereocenters. The standard InChI is InChI=1S/C29H34N2O9/c1-12-14-9-6-10-15(32)18(14)23(34)19-17(12)25(40-16(33)11-13-7-4-5-8-13)21-22(31(2)3)24(35)20(28(30)38)27(37)29(21,39)26(19)36/h6,9-10,12-13,17,21-22,25,32,34,37,39H,4-5,7-8,11H2,1-3H3,(H2,30,38)/t12-,17+,21+,22-,25-,29-/m1/s1. The van der Waals surface area contributed by atoms with Gasteiger partial charge in [-0.3, -0.25) is 24.1 Å². The lowest BCUT2D eigenvalue weighted by atomic mass is 9.54. The first-order chi connectivity index (χ1) is 18.8. The molecule has 0 aromatic heterocycles. The summed E-state index contributed by atoms with van der Waals surface area (Å²) in [5.74, 6) is -9.35. The molecule has 6 N–H and O–H groups in total. The van der Waals surface area contributed by atoms with Crippen molar-refractivity contribution in [3.63, 3.8) is 0 Å². The molecule has 1 amide bonds. The molecule has 0 saturated heterocycles. The fourth-order valence-corrected chi connectivity index (χ4v) is 7.34. The zero-order valence-corrected chi connectivity index (χ0v) is 22.6. The van der Waals surface area contributed by atoms with Gasteiger partial charge in [0.1, 0.15) is 28.9 Å². The van der Waals surface area contributed by atoms with Crippen LogP contribution in [0.5, 0.6) is 5.75 Å². The van der Waals surface area contributed by atoms with E-state index in [0.29, 0.717) is 5.56 Å². The predicted molar refractivity (Wildman–Crippen MR) is 141 cm³/mol. The second-order valence-corrected chi connectivity index (χ2v) is 11.6. The molecule has 2 saturated carbocycles. The number of phenolic OH excluding ortho intramolecular Hbond substituents is 1. The minimum atomic E-state index is -2.94. The molecule has 1 aromatic rings. The number of ketones is 2. The number of aliphatic hydroxyl groups excluding tert-OH is 2. The van der Waals surface area contributed by atoms with Crippen molar-refractivity contribution in [1.29, 1.82) is 0 Å². The van der Waals surface area contributed by atoms with Gasteiger partial charge < -0.3 is 30.9 Å². The van der Waals surface area contributed by atoms with Gasteiger partial charge in [0.05, 0.1) is 17.5 Å². The van der Waals surface area contributed by atoms with Crippen LogP contribution < -0.4 is 5.73 Å². The Balaban J connectivity index is 1.76. The summed E-state index contributed by atoms with van der Waals surface area (Å²) >= 11 is 0. The Morgan fingerprint density at radius 1 is 1.12 bits per heavy atom. The Hall–Kier alpha value is -3.70. The van der Waals surface area contributed by atoms with Crippen molar-refractivity contribution >= 4 is 29.2 Å². The van der Waals surface area contributed by atoms with Crippen molar-refractivity contribution in [2.75, 3.05) is 14.1 Å². The molecule has 4 aliphatic rings. The van der Waals surface area contributed by atoms with E-state index in [0.717, 1.165) is 25.7 Å². The minimum Gasteiger partial charge on any atom is -0.508 e. The molecule has 40 heavy (non-hydrogen) atoms. The van der Waals surface area contributed by atoms with E-state index in [4.69, 9.17) is 10.5 Å². The van der Waals surface area contributed by atoms with E-state index in [1.165, 1.54) is 25.1 Å². The normalized spacial score (nSPS) is 32.2. The van der Waals surface area contributed by atoms with Crippen LogP contribution in [0.3, 0.4) is 0 Å². The summed E-state index contributed by atoms with van der Waals surface area (Å²) in [5.41, 5.74) is 1.61. The van der Waals surface area contributed by atoms with Crippen molar-refractivity contribution in [3.8, 4) is 5.75 Å². The number of Topliss-reactive ketones (excluding diaryl/α,β-unsaturated/α-hetero) is 2. The van der Waals surface area contributed by atoms with Crippen molar-refractivity contribution in [3.05, 3.63) is 46.2 Å². The maximum Gasteiger partial charge on any atom is 0.306 e. The monoisotopic (exact) mass is 554 g/mol. The molecular formula is C29H34N2O9. The number of benzene rings is 1. The van der Waals surface area contributed by atoms with Crippen molar-refractivity contribution < 1.29 is 44.3 Å². The number of carbonyl (C=O) groups excluding carboxylic acids is 4. The van der Waals surface area contributed by atoms with Gasteiger partial charge in [-0.15, -0.1) is 0 Å². The topological polar surface area (TPSA) is 188 Å². The van der Waals surface area contributed by atoms with Crippen LogP contribution in [0.1, 0.15) is 56.1 Å². The zero-order chi connectivity index (χ0) is 29.3. The number of phenols is 1. The van der Waals surface area contributed by atoms with E-state index < -0.39 is 76.0 Å². The summed E-state index contributed by atoms with van der Waals surface area (Å²) in [7, 11) is 2.98. The second kappa shape index (κ2) is 9.74. The third-order valence-corrected chi connectivity index (χ3v) is 9.16. The highest BCUT2D eigenvalue weighted by Gasteiger charge is 2.69. The van der Waals surface area contributed by atoms with E-state index in [1.807, 2.05) is 0 Å². The lowest BCUT2D eigenvalue weighted by molar-refractivity contribution is -0.186. The number of fused-ring (bicyclic) bond motifs is 3. The molecule has 0 radical (unpaired) electrons. The number of hydrogen-bond donors (Lipinski definition) is 5. The molecule has 0 unspecified atom stereocenters. The first-order valence-corrected chi connectivity index (χ1v) is 13.5. The van der Waals surface area contributed by atoms with Gasteiger partial charge in [0.15, 0.2) is 11.4 Å². The van der Waals surface area contributed by atoms with Gasteiger partial charge in [0.25, 0.3) is 5.91 Å². The number of carbonyl (C=O) groups is 4. The molecule has 0 bridgehead atoms. The SMILES string of the molecule is C[C@@H]1c2cccc(O)c2C(O)=C2C(=O)[C@@]3(O)C(O)=C(C(N)=O)C(=O)[C@H](N(C)C)[C@H]3[C@H](OC(=O)CC3CCCC3)[C@H]21. The molecule has 214 valence electrons. The van der Waals surface area contributed by atoms with Gasteiger partial charge in [-0.1, -0.05) is 31.9 Å². The Bertz CT molecular complexity index is 1370. The lowest BCUT2D eigenvalue weighted by Gasteiger charge is -2.54. The average Bonchev–Trinajstić information content (AvgIpc) is 3.38. The van der Waals surface area contributed by atoms with Crippen LogP contribution in [0.25, 0.3) is 5.76 Å². The van der Waals surface area contributed by atoms with Gasteiger partial charge in [0, 0.05) is 17.9 Å². The smallest absolute Gasteiger partial charge is 0.306 e. The van der Waals surface area contributed by atoms with E-state index in [-0.39, 0.29) is 29.2 Å². The van der Waals surface area contributed by atoms with Gasteiger partial charge in [-0.25, -0.2) is 0 Å². The molecule has 1 aromatic carbocycles. The fourth-order valence-electron chi connectivity index (χ4n) is 7.34. The first kappa shape index (κ1) is 27.9. The molecule has 0 heterocycles. The highest BCUT2D eigenvalue weighted by Crippen LogP contribution is 2.57. The van der Waals surface area contributed by atoms with Crippen LogP contribution in [0.2, 0.25) is 0 Å².